The summed E-state index contributed by atoms with van der Waals surface area (Å²) >= 11 is 13.3. The molecule has 7 rings (SSSR count). The Hall–Kier alpha value is -3.15. The van der Waals surface area contributed by atoms with Gasteiger partial charge in [-0.15, -0.1) is 0 Å². The highest BCUT2D eigenvalue weighted by atomic mass is 35.5. The van der Waals surface area contributed by atoms with Gasteiger partial charge < -0.3 is 24.5 Å². The summed E-state index contributed by atoms with van der Waals surface area (Å²) in [6.07, 6.45) is 7.63. The first-order valence-electron chi connectivity index (χ1n) is 17.1. The summed E-state index contributed by atoms with van der Waals surface area (Å²) in [5.74, 6) is -1.44. The van der Waals surface area contributed by atoms with Crippen molar-refractivity contribution in [3.63, 3.8) is 0 Å². The second-order valence-corrected chi connectivity index (χ2v) is 14.6. The number of anilines is 1. The Bertz CT molecular complexity index is 1660. The molecule has 2 amide bonds. The molecule has 0 spiro atoms. The van der Waals surface area contributed by atoms with Crippen molar-refractivity contribution in [2.45, 2.75) is 75.6 Å². The molecule has 2 N–H and O–H groups in total. The molecule has 2 aliphatic heterocycles. The van der Waals surface area contributed by atoms with Gasteiger partial charge in [-0.05, 0) is 68.7 Å². The van der Waals surface area contributed by atoms with Crippen molar-refractivity contribution >= 4 is 57.6 Å². The van der Waals surface area contributed by atoms with Crippen molar-refractivity contribution in [1.29, 1.82) is 0 Å². The van der Waals surface area contributed by atoms with Gasteiger partial charge in [-0.3, -0.25) is 24.2 Å². The van der Waals surface area contributed by atoms with E-state index in [1.807, 2.05) is 23.1 Å². The third-order valence-electron chi connectivity index (χ3n) is 10.6. The standard InChI is InChI=1S/C36H42Cl2N4O6/c37-30-18-32(39-35(44)29-21-48-33-4-2-1-3-28(29)33)31(38)15-23(30)16-34(43)42-19-25(41-13-11-40(12-14-41)24-7-8-24)17-26(42)20-47-27-9-5-22(6-10-27)36(45)46/h1-4,15,18,21-22,24-27H,5-14,16-17,19-20H2,(H,39,44)(H,45,46)/t22?,25-,26-,27?/m0/s1. The Kier molecular flexibility index (Phi) is 9.99. The van der Waals surface area contributed by atoms with Crippen molar-refractivity contribution < 1.29 is 28.6 Å². The molecule has 4 aliphatic rings. The second kappa shape index (κ2) is 14.4. The van der Waals surface area contributed by atoms with E-state index in [1.54, 1.807) is 18.2 Å². The molecule has 0 radical (unpaired) electrons. The predicted molar refractivity (Wildman–Crippen MR) is 184 cm³/mol. The van der Waals surface area contributed by atoms with E-state index in [-0.39, 0.29) is 47.4 Å². The number of carboxylic acids is 1. The average molecular weight is 698 g/mol. The number of halogens is 2. The minimum atomic E-state index is -0.730. The summed E-state index contributed by atoms with van der Waals surface area (Å²) in [4.78, 5) is 45.5. The van der Waals surface area contributed by atoms with Gasteiger partial charge in [0.2, 0.25) is 5.91 Å². The number of nitrogens with zero attached hydrogens (tertiary/aromatic N) is 3. The number of para-hydroxylation sites is 1. The van der Waals surface area contributed by atoms with Crippen LogP contribution in [0.25, 0.3) is 11.0 Å². The van der Waals surface area contributed by atoms with E-state index in [0.29, 0.717) is 58.8 Å². The molecule has 256 valence electrons. The highest BCUT2D eigenvalue weighted by Crippen LogP contribution is 2.34. The van der Waals surface area contributed by atoms with Crippen LogP contribution in [0.1, 0.15) is 60.9 Å². The lowest BCUT2D eigenvalue weighted by Crippen LogP contribution is -2.51. The summed E-state index contributed by atoms with van der Waals surface area (Å²) in [6.45, 7) is 5.18. The summed E-state index contributed by atoms with van der Waals surface area (Å²) in [7, 11) is 0. The summed E-state index contributed by atoms with van der Waals surface area (Å²) < 4.78 is 11.9. The smallest absolute Gasteiger partial charge is 0.306 e. The minimum absolute atomic E-state index is 0.00901. The van der Waals surface area contributed by atoms with Crippen LogP contribution in [0.3, 0.4) is 0 Å². The van der Waals surface area contributed by atoms with E-state index in [1.165, 1.54) is 19.1 Å². The molecule has 0 unspecified atom stereocenters. The predicted octanol–water partition coefficient (Wildman–Crippen LogP) is 5.94. The van der Waals surface area contributed by atoms with Crippen molar-refractivity contribution in [1.82, 2.24) is 14.7 Å². The highest BCUT2D eigenvalue weighted by Gasteiger charge is 2.41. The third kappa shape index (κ3) is 7.38. The molecule has 4 fully saturated rings. The van der Waals surface area contributed by atoms with Crippen LogP contribution in [-0.2, 0) is 20.7 Å². The fraction of sp³-hybridized carbons (Fsp3) is 0.528. The number of nitrogens with one attached hydrogen (secondary N) is 1. The lowest BCUT2D eigenvalue weighted by Gasteiger charge is -2.38. The zero-order chi connectivity index (χ0) is 33.4. The van der Waals surface area contributed by atoms with E-state index in [4.69, 9.17) is 32.4 Å². The number of carboxylic acid groups (broad SMARTS) is 1. The molecule has 12 heteroatoms. The molecule has 2 aromatic carbocycles. The lowest BCUT2D eigenvalue weighted by molar-refractivity contribution is -0.144. The number of carbonyl (C=O) groups is 3. The van der Waals surface area contributed by atoms with Gasteiger partial charge in [-0.1, -0.05) is 41.4 Å². The zero-order valence-electron chi connectivity index (χ0n) is 26.9. The number of hydrogen-bond acceptors (Lipinski definition) is 7. The Morgan fingerprint density at radius 1 is 0.917 bits per heavy atom. The zero-order valence-corrected chi connectivity index (χ0v) is 28.4. The maximum Gasteiger partial charge on any atom is 0.306 e. The fourth-order valence-electron chi connectivity index (χ4n) is 7.68. The van der Waals surface area contributed by atoms with Crippen LogP contribution in [0.2, 0.25) is 10.0 Å². The largest absolute Gasteiger partial charge is 0.481 e. The van der Waals surface area contributed by atoms with Crippen LogP contribution in [-0.4, -0.2) is 101 Å². The number of benzene rings is 2. The Morgan fingerprint density at radius 2 is 1.62 bits per heavy atom. The number of aliphatic carboxylic acids is 1. The van der Waals surface area contributed by atoms with Crippen LogP contribution in [0.5, 0.6) is 0 Å². The van der Waals surface area contributed by atoms with Crippen LogP contribution in [0, 0.1) is 5.92 Å². The van der Waals surface area contributed by atoms with Crippen LogP contribution in [0.4, 0.5) is 5.69 Å². The normalized spacial score (nSPS) is 25.4. The molecule has 2 saturated heterocycles. The molecule has 3 aromatic rings. The van der Waals surface area contributed by atoms with E-state index >= 15 is 0 Å². The van der Waals surface area contributed by atoms with Crippen LogP contribution < -0.4 is 5.32 Å². The number of rotatable bonds is 10. The van der Waals surface area contributed by atoms with Gasteiger partial charge in [0.1, 0.15) is 11.8 Å². The summed E-state index contributed by atoms with van der Waals surface area (Å²) in [5, 5.41) is 13.5. The van der Waals surface area contributed by atoms with Gasteiger partial charge in [0.15, 0.2) is 0 Å². The van der Waals surface area contributed by atoms with Crippen molar-refractivity contribution in [3.05, 3.63) is 63.8 Å². The average Bonchev–Trinajstić information content (AvgIpc) is 3.70. The number of amides is 2. The van der Waals surface area contributed by atoms with Gasteiger partial charge in [0.05, 0.1) is 47.4 Å². The molecule has 0 bridgehead atoms. The number of piperazine rings is 1. The molecule has 48 heavy (non-hydrogen) atoms. The van der Waals surface area contributed by atoms with E-state index in [2.05, 4.69) is 15.1 Å². The number of furan rings is 1. The Morgan fingerprint density at radius 3 is 2.33 bits per heavy atom. The molecule has 2 atom stereocenters. The van der Waals surface area contributed by atoms with E-state index in [9.17, 15) is 19.5 Å². The number of fused-ring (bicyclic) bond motifs is 1. The maximum absolute atomic E-state index is 14.0. The summed E-state index contributed by atoms with van der Waals surface area (Å²) in [6, 6.07) is 11.5. The Balaban J connectivity index is 1.01. The van der Waals surface area contributed by atoms with E-state index in [0.717, 1.165) is 51.5 Å². The molecule has 2 aliphatic carbocycles. The molecule has 2 saturated carbocycles. The second-order valence-electron chi connectivity index (χ2n) is 13.7. The molecule has 3 heterocycles. The number of ether oxygens (including phenoxy) is 1. The lowest BCUT2D eigenvalue weighted by atomic mass is 9.87. The molecule has 1 aromatic heterocycles. The van der Waals surface area contributed by atoms with Crippen LogP contribution >= 0.6 is 23.2 Å². The number of hydrogen-bond donors (Lipinski definition) is 2. The number of carbonyl (C=O) groups excluding carboxylic acids is 2. The third-order valence-corrected chi connectivity index (χ3v) is 11.3. The SMILES string of the molecule is O=C(Nc1cc(Cl)c(CC(=O)N2C[C@@H](N3CCN(C4CC4)CC3)C[C@H]2COC2CCC(C(=O)O)CC2)cc1Cl)c1coc2ccccc12. The van der Waals surface area contributed by atoms with Gasteiger partial charge in [0, 0.05) is 55.2 Å². The highest BCUT2D eigenvalue weighted by molar-refractivity contribution is 6.36. The van der Waals surface area contributed by atoms with E-state index < -0.39 is 5.97 Å². The van der Waals surface area contributed by atoms with Gasteiger partial charge in [-0.2, -0.15) is 0 Å². The van der Waals surface area contributed by atoms with Gasteiger partial charge >= 0.3 is 5.97 Å². The minimum Gasteiger partial charge on any atom is -0.481 e. The monoisotopic (exact) mass is 696 g/mol. The van der Waals surface area contributed by atoms with Crippen molar-refractivity contribution in [3.8, 4) is 0 Å². The molecular formula is C36H42Cl2N4O6. The van der Waals surface area contributed by atoms with Crippen molar-refractivity contribution in [2.75, 3.05) is 44.6 Å². The maximum atomic E-state index is 14.0. The van der Waals surface area contributed by atoms with Crippen LogP contribution in [0.15, 0.2) is 47.1 Å². The molecular weight excluding hydrogens is 655 g/mol. The number of likely N-dealkylation sites (tertiary alicyclic amines) is 1. The van der Waals surface area contributed by atoms with Gasteiger partial charge in [-0.25, -0.2) is 0 Å². The fourth-order valence-corrected chi connectivity index (χ4v) is 8.14. The Labute approximate surface area is 290 Å². The quantitative estimate of drug-likeness (QED) is 0.268. The van der Waals surface area contributed by atoms with Gasteiger partial charge in [0.25, 0.3) is 5.91 Å². The summed E-state index contributed by atoms with van der Waals surface area (Å²) in [5.41, 5.74) is 1.94. The first kappa shape index (κ1) is 33.4. The first-order chi connectivity index (χ1) is 23.2. The van der Waals surface area contributed by atoms with Crippen molar-refractivity contribution in [2.24, 2.45) is 5.92 Å². The first-order valence-corrected chi connectivity index (χ1v) is 17.9. The molecule has 10 nitrogen and oxygen atoms in total. The topological polar surface area (TPSA) is 116 Å².